The zero-order valence-corrected chi connectivity index (χ0v) is 14.3. The minimum Gasteiger partial charge on any atom is -0.368 e. The first kappa shape index (κ1) is 16.3. The molecule has 118 valence electrons. The van der Waals surface area contributed by atoms with E-state index in [9.17, 15) is 0 Å². The van der Waals surface area contributed by atoms with Gasteiger partial charge in [0.15, 0.2) is 0 Å². The number of hydrogen-bond donors (Lipinski definition) is 1. The van der Waals surface area contributed by atoms with Gasteiger partial charge in [0.05, 0.1) is 0 Å². The molecule has 1 heterocycles. The van der Waals surface area contributed by atoms with Gasteiger partial charge in [-0.15, -0.1) is 0 Å². The van der Waals surface area contributed by atoms with E-state index in [-0.39, 0.29) is 0 Å². The topological polar surface area (TPSA) is 18.5 Å². The van der Waals surface area contributed by atoms with Crippen LogP contribution in [0.2, 0.25) is 0 Å². The number of anilines is 1. The molecular weight excluding hydrogens is 258 g/mol. The lowest BCUT2D eigenvalue weighted by Gasteiger charge is -2.41. The fourth-order valence-electron chi connectivity index (χ4n) is 3.19. The fourth-order valence-corrected chi connectivity index (χ4v) is 3.19. The monoisotopic (exact) mass is 289 g/mol. The van der Waals surface area contributed by atoms with Gasteiger partial charge in [-0.2, -0.15) is 0 Å². The molecule has 3 nitrogen and oxygen atoms in total. The zero-order valence-electron chi connectivity index (χ0n) is 14.3. The lowest BCUT2D eigenvalue weighted by molar-refractivity contribution is 0.199. The van der Waals surface area contributed by atoms with Gasteiger partial charge in [-0.05, 0) is 37.6 Å². The van der Waals surface area contributed by atoms with E-state index in [2.05, 4.69) is 67.9 Å². The minimum atomic E-state index is 0.535. The molecule has 0 saturated carbocycles. The van der Waals surface area contributed by atoms with Crippen LogP contribution in [0, 0.1) is 6.92 Å². The molecule has 0 amide bonds. The van der Waals surface area contributed by atoms with Gasteiger partial charge < -0.3 is 10.2 Å². The largest absolute Gasteiger partial charge is 0.368 e. The van der Waals surface area contributed by atoms with Gasteiger partial charge in [0.1, 0.15) is 0 Å². The highest BCUT2D eigenvalue weighted by Gasteiger charge is 2.23. The molecule has 1 fully saturated rings. The van der Waals surface area contributed by atoms with Crippen LogP contribution in [0.4, 0.5) is 5.69 Å². The Labute approximate surface area is 130 Å². The van der Waals surface area contributed by atoms with Crippen LogP contribution in [0.3, 0.4) is 0 Å². The predicted octanol–water partition coefficient (Wildman–Crippen LogP) is 3.02. The molecule has 1 atom stereocenters. The van der Waals surface area contributed by atoms with Gasteiger partial charge in [0, 0.05) is 44.0 Å². The summed E-state index contributed by atoms with van der Waals surface area (Å²) < 4.78 is 0. The van der Waals surface area contributed by atoms with E-state index >= 15 is 0 Å². The van der Waals surface area contributed by atoms with Crippen LogP contribution in [0.25, 0.3) is 0 Å². The molecule has 21 heavy (non-hydrogen) atoms. The number of hydrogen-bond acceptors (Lipinski definition) is 3. The molecule has 1 aliphatic rings. The van der Waals surface area contributed by atoms with E-state index in [0.29, 0.717) is 12.1 Å². The van der Waals surface area contributed by atoms with Crippen LogP contribution in [0.5, 0.6) is 0 Å². The second kappa shape index (κ2) is 7.28. The van der Waals surface area contributed by atoms with E-state index in [1.54, 1.807) is 0 Å². The smallest absolute Gasteiger partial charge is 0.0397 e. The van der Waals surface area contributed by atoms with Gasteiger partial charge in [0.25, 0.3) is 0 Å². The summed E-state index contributed by atoms with van der Waals surface area (Å²) in [5, 5.41) is 3.49. The third kappa shape index (κ3) is 4.21. The molecule has 1 unspecified atom stereocenters. The minimum absolute atomic E-state index is 0.535. The maximum atomic E-state index is 3.49. The van der Waals surface area contributed by atoms with Crippen molar-refractivity contribution in [3.63, 3.8) is 0 Å². The van der Waals surface area contributed by atoms with Crippen LogP contribution in [-0.2, 0) is 6.54 Å². The molecular formula is C18H31N3. The lowest BCUT2D eigenvalue weighted by atomic mass is 10.1. The fraction of sp³-hybridized carbons (Fsp3) is 0.667. The Kier molecular flexibility index (Phi) is 5.65. The second-order valence-corrected chi connectivity index (χ2v) is 6.58. The molecule has 0 aliphatic carbocycles. The van der Waals surface area contributed by atoms with Crippen molar-refractivity contribution < 1.29 is 0 Å². The van der Waals surface area contributed by atoms with Crippen molar-refractivity contribution in [2.75, 3.05) is 31.1 Å². The standard InChI is InChI=1S/C18H31N3/c1-6-20-9-10-21(13-16(20)5)18-8-7-17(11-15(18)4)12-19-14(2)3/h7-8,11,14,16,19H,6,9-10,12-13H2,1-5H3. The molecule has 1 N–H and O–H groups in total. The maximum Gasteiger partial charge on any atom is 0.0397 e. The Morgan fingerprint density at radius 1 is 1.29 bits per heavy atom. The average Bonchev–Trinajstić information content (AvgIpc) is 2.45. The van der Waals surface area contributed by atoms with Crippen LogP contribution in [-0.4, -0.2) is 43.2 Å². The third-order valence-electron chi connectivity index (χ3n) is 4.49. The number of piperazine rings is 1. The number of nitrogens with zero attached hydrogens (tertiary/aromatic N) is 2. The molecule has 0 radical (unpaired) electrons. The Bertz CT molecular complexity index is 456. The number of rotatable bonds is 5. The normalized spacial score (nSPS) is 20.3. The second-order valence-electron chi connectivity index (χ2n) is 6.58. The first-order valence-electron chi connectivity index (χ1n) is 8.33. The predicted molar refractivity (Wildman–Crippen MR) is 92.1 cm³/mol. The van der Waals surface area contributed by atoms with Crippen molar-refractivity contribution in [1.29, 1.82) is 0 Å². The zero-order chi connectivity index (χ0) is 15.4. The van der Waals surface area contributed by atoms with E-state index in [1.807, 2.05) is 0 Å². The number of nitrogens with one attached hydrogen (secondary N) is 1. The Hall–Kier alpha value is -1.06. The van der Waals surface area contributed by atoms with Gasteiger partial charge >= 0.3 is 0 Å². The van der Waals surface area contributed by atoms with Gasteiger partial charge in [0.2, 0.25) is 0 Å². The summed E-state index contributed by atoms with van der Waals surface area (Å²) in [6.45, 7) is 16.8. The van der Waals surface area contributed by atoms with Crippen LogP contribution < -0.4 is 10.2 Å². The Morgan fingerprint density at radius 3 is 2.62 bits per heavy atom. The summed E-state index contributed by atoms with van der Waals surface area (Å²) in [5.41, 5.74) is 4.19. The number of aryl methyl sites for hydroxylation is 1. The average molecular weight is 289 g/mol. The quantitative estimate of drug-likeness (QED) is 0.899. The summed E-state index contributed by atoms with van der Waals surface area (Å²) in [6, 6.07) is 8.09. The summed E-state index contributed by atoms with van der Waals surface area (Å²) in [4.78, 5) is 5.11. The van der Waals surface area contributed by atoms with Crippen LogP contribution in [0.1, 0.15) is 38.8 Å². The summed E-state index contributed by atoms with van der Waals surface area (Å²) in [5.74, 6) is 0. The van der Waals surface area contributed by atoms with Crippen molar-refractivity contribution in [2.24, 2.45) is 0 Å². The molecule has 3 heteroatoms. The van der Waals surface area contributed by atoms with Crippen molar-refractivity contribution in [3.8, 4) is 0 Å². The van der Waals surface area contributed by atoms with Gasteiger partial charge in [-0.3, -0.25) is 4.90 Å². The Morgan fingerprint density at radius 2 is 2.05 bits per heavy atom. The van der Waals surface area contributed by atoms with Crippen LogP contribution >= 0.6 is 0 Å². The lowest BCUT2D eigenvalue weighted by Crippen LogP contribution is -2.51. The first-order valence-corrected chi connectivity index (χ1v) is 8.33. The van der Waals surface area contributed by atoms with Crippen molar-refractivity contribution in [3.05, 3.63) is 29.3 Å². The van der Waals surface area contributed by atoms with E-state index in [0.717, 1.165) is 26.2 Å². The maximum absolute atomic E-state index is 3.49. The summed E-state index contributed by atoms with van der Waals surface area (Å²) >= 11 is 0. The Balaban J connectivity index is 2.04. The van der Waals surface area contributed by atoms with Crippen molar-refractivity contribution >= 4 is 5.69 Å². The molecule has 1 aliphatic heterocycles. The molecule has 1 aromatic carbocycles. The van der Waals surface area contributed by atoms with E-state index in [1.165, 1.54) is 23.4 Å². The van der Waals surface area contributed by atoms with Gasteiger partial charge in [-0.25, -0.2) is 0 Å². The molecule has 1 aromatic rings. The van der Waals surface area contributed by atoms with Gasteiger partial charge in [-0.1, -0.05) is 32.9 Å². The molecule has 0 bridgehead atoms. The number of likely N-dealkylation sites (N-methyl/N-ethyl adjacent to an activating group) is 1. The highest BCUT2D eigenvalue weighted by atomic mass is 15.3. The van der Waals surface area contributed by atoms with Crippen molar-refractivity contribution in [1.82, 2.24) is 10.2 Å². The molecule has 1 saturated heterocycles. The molecule has 2 rings (SSSR count). The highest BCUT2D eigenvalue weighted by Crippen LogP contribution is 2.24. The van der Waals surface area contributed by atoms with E-state index in [4.69, 9.17) is 0 Å². The van der Waals surface area contributed by atoms with Crippen molar-refractivity contribution in [2.45, 2.75) is 53.2 Å². The summed E-state index contributed by atoms with van der Waals surface area (Å²) in [7, 11) is 0. The summed E-state index contributed by atoms with van der Waals surface area (Å²) in [6.07, 6.45) is 0. The highest BCUT2D eigenvalue weighted by molar-refractivity contribution is 5.55. The first-order chi connectivity index (χ1) is 10.0. The molecule has 0 aromatic heterocycles. The van der Waals surface area contributed by atoms with Crippen LogP contribution in [0.15, 0.2) is 18.2 Å². The molecule has 0 spiro atoms. The number of benzene rings is 1. The van der Waals surface area contributed by atoms with E-state index < -0.39 is 0 Å². The third-order valence-corrected chi connectivity index (χ3v) is 4.49. The SMILES string of the molecule is CCN1CCN(c2ccc(CNC(C)C)cc2C)CC1C.